The Labute approximate surface area is 122 Å². The Kier molecular flexibility index (Phi) is 7.46. The van der Waals surface area contributed by atoms with Crippen LogP contribution in [-0.4, -0.2) is 31.3 Å². The first-order valence-electron chi connectivity index (χ1n) is 4.29. The fourth-order valence-electron chi connectivity index (χ4n) is 0.929. The molecule has 86 valence electrons. The quantitative estimate of drug-likeness (QED) is 0.356. The minimum Gasteiger partial charge on any atom is -0.744 e. The van der Waals surface area contributed by atoms with Gasteiger partial charge in [0.15, 0.2) is 0 Å². The van der Waals surface area contributed by atoms with Crippen molar-refractivity contribution in [2.24, 2.45) is 0 Å². The molecule has 17 heavy (non-hydrogen) atoms. The normalized spacial score (nSPS) is 9.76. The molecule has 0 fully saturated rings. The van der Waals surface area contributed by atoms with Gasteiger partial charge in [0.2, 0.25) is 0 Å². The number of hydrogen-bond donors (Lipinski definition) is 1. The van der Waals surface area contributed by atoms with E-state index < -0.39 is 10.1 Å². The third kappa shape index (κ3) is 6.07. The number of ether oxygens (including phenoxy) is 1. The van der Waals surface area contributed by atoms with E-state index in [9.17, 15) is 13.0 Å². The maximum absolute atomic E-state index is 10.6. The molecule has 1 N–H and O–H groups in total. The van der Waals surface area contributed by atoms with E-state index in [0.29, 0.717) is 5.75 Å². The number of benzene rings is 1. The monoisotopic (exact) mass is 264 g/mol. The molecule has 1 rings (SSSR count). The summed E-state index contributed by atoms with van der Waals surface area (Å²) in [5, 5.41) is 8.36. The molecule has 0 bridgehead atoms. The van der Waals surface area contributed by atoms with Crippen molar-refractivity contribution in [1.82, 2.24) is 0 Å². The van der Waals surface area contributed by atoms with Crippen LogP contribution in [0.4, 0.5) is 0 Å². The first-order chi connectivity index (χ1) is 7.54. The number of rotatable bonds is 3. The Bertz CT molecular complexity index is 498. The van der Waals surface area contributed by atoms with Gasteiger partial charge in [-0.05, 0) is 24.3 Å². The Balaban J connectivity index is 0.00000256. The van der Waals surface area contributed by atoms with Gasteiger partial charge in [0.25, 0.3) is 0 Å². The van der Waals surface area contributed by atoms with Crippen LogP contribution in [0, 0.1) is 11.8 Å². The van der Waals surface area contributed by atoms with Crippen molar-refractivity contribution in [3.8, 4) is 17.6 Å². The van der Waals surface area contributed by atoms with Crippen LogP contribution in [0.3, 0.4) is 0 Å². The van der Waals surface area contributed by atoms with Crippen molar-refractivity contribution in [3.05, 3.63) is 24.3 Å². The molecule has 0 heterocycles. The molecule has 0 aromatic heterocycles. The van der Waals surface area contributed by atoms with Gasteiger partial charge in [0, 0.05) is 0 Å². The zero-order valence-corrected chi connectivity index (χ0v) is 12.0. The van der Waals surface area contributed by atoms with Crippen LogP contribution in [0.2, 0.25) is 0 Å². The minimum atomic E-state index is -4.42. The van der Waals surface area contributed by atoms with E-state index in [4.69, 9.17) is 9.84 Å². The van der Waals surface area contributed by atoms with Crippen molar-refractivity contribution in [1.29, 1.82) is 0 Å². The topological polar surface area (TPSA) is 86.7 Å². The van der Waals surface area contributed by atoms with E-state index >= 15 is 0 Å². The summed E-state index contributed by atoms with van der Waals surface area (Å²) in [6.45, 7) is -0.152. The van der Waals surface area contributed by atoms with Gasteiger partial charge in [-0.25, -0.2) is 8.42 Å². The van der Waals surface area contributed by atoms with E-state index in [-0.39, 0.29) is 47.7 Å². The van der Waals surface area contributed by atoms with Crippen LogP contribution in [0.1, 0.15) is 0 Å². The van der Waals surface area contributed by atoms with Crippen LogP contribution in [0.25, 0.3) is 0 Å². The smallest absolute Gasteiger partial charge is 0.744 e. The van der Waals surface area contributed by atoms with Gasteiger partial charge in [-0.3, -0.25) is 0 Å². The molecule has 1 aromatic rings. The standard InChI is InChI=1S/C10H10O5S.Na/c11-7-1-2-8-15-9-3-5-10(6-4-9)16(12,13)14;/h3-6,11H,7-8H2,(H,12,13,14);/q;+1/p-1. The Morgan fingerprint density at radius 1 is 1.24 bits per heavy atom. The molecule has 7 heteroatoms. The molecule has 0 aliphatic rings. The maximum Gasteiger partial charge on any atom is 1.00 e. The molecule has 0 amide bonds. The molecule has 1 aromatic carbocycles. The molecule has 0 aliphatic carbocycles. The summed E-state index contributed by atoms with van der Waals surface area (Å²) in [6.07, 6.45) is 0. The van der Waals surface area contributed by atoms with Crippen LogP contribution in [0.5, 0.6) is 5.75 Å². The molecule has 0 aliphatic heterocycles. The zero-order chi connectivity index (χ0) is 12.0. The van der Waals surface area contributed by atoms with E-state index in [1.807, 2.05) is 0 Å². The fourth-order valence-corrected chi connectivity index (χ4v) is 1.40. The summed E-state index contributed by atoms with van der Waals surface area (Å²) in [5.41, 5.74) is 0. The second kappa shape index (κ2) is 7.71. The first kappa shape index (κ1) is 16.4. The number of aliphatic hydroxyl groups excluding tert-OH is 1. The summed E-state index contributed by atoms with van der Waals surface area (Å²) in [4.78, 5) is -0.304. The molecule has 5 nitrogen and oxygen atoms in total. The van der Waals surface area contributed by atoms with Gasteiger partial charge in [0.05, 0.1) is 4.90 Å². The molecule has 0 saturated carbocycles. The summed E-state index contributed by atoms with van der Waals surface area (Å²) in [6, 6.07) is 5.06. The average Bonchev–Trinajstić information content (AvgIpc) is 2.24. The van der Waals surface area contributed by atoms with Gasteiger partial charge in [0.1, 0.15) is 29.1 Å². The Hall–Kier alpha value is -0.550. The summed E-state index contributed by atoms with van der Waals surface area (Å²) >= 11 is 0. The zero-order valence-electron chi connectivity index (χ0n) is 9.21. The van der Waals surface area contributed by atoms with E-state index in [2.05, 4.69) is 11.8 Å². The Morgan fingerprint density at radius 3 is 2.29 bits per heavy atom. The second-order valence-electron chi connectivity index (χ2n) is 2.73. The van der Waals surface area contributed by atoms with Crippen molar-refractivity contribution in [2.45, 2.75) is 4.90 Å². The van der Waals surface area contributed by atoms with Gasteiger partial charge >= 0.3 is 29.6 Å². The maximum atomic E-state index is 10.6. The third-order valence-corrected chi connectivity index (χ3v) is 2.48. The molecule has 0 atom stereocenters. The number of aliphatic hydroxyl groups is 1. The predicted molar refractivity (Wildman–Crippen MR) is 54.8 cm³/mol. The first-order valence-corrected chi connectivity index (χ1v) is 5.70. The largest absolute Gasteiger partial charge is 1.00 e. The van der Waals surface area contributed by atoms with Crippen molar-refractivity contribution in [3.63, 3.8) is 0 Å². The van der Waals surface area contributed by atoms with Crippen molar-refractivity contribution < 1.29 is 52.4 Å². The molecule has 0 spiro atoms. The number of hydrogen-bond acceptors (Lipinski definition) is 5. The molecular weight excluding hydrogens is 255 g/mol. The van der Waals surface area contributed by atoms with Gasteiger partial charge in [-0.15, -0.1) is 0 Å². The second-order valence-corrected chi connectivity index (χ2v) is 4.11. The van der Waals surface area contributed by atoms with Gasteiger partial charge < -0.3 is 14.4 Å². The SMILES string of the molecule is O=S(=O)([O-])c1ccc(OCC#CCO)cc1.[Na+]. The minimum absolute atomic E-state index is 0. The molecule has 0 unspecified atom stereocenters. The molecular formula is C10H9NaO5S. The van der Waals surface area contributed by atoms with Crippen LogP contribution in [0.15, 0.2) is 29.2 Å². The van der Waals surface area contributed by atoms with Crippen LogP contribution >= 0.6 is 0 Å². The van der Waals surface area contributed by atoms with Gasteiger partial charge in [-0.2, -0.15) is 0 Å². The van der Waals surface area contributed by atoms with Crippen molar-refractivity contribution >= 4 is 10.1 Å². The van der Waals surface area contributed by atoms with E-state index in [1.165, 1.54) is 12.1 Å². The Morgan fingerprint density at radius 2 is 1.82 bits per heavy atom. The van der Waals surface area contributed by atoms with Crippen LogP contribution in [-0.2, 0) is 10.1 Å². The average molecular weight is 264 g/mol. The van der Waals surface area contributed by atoms with Crippen molar-refractivity contribution in [2.75, 3.05) is 13.2 Å². The van der Waals surface area contributed by atoms with E-state index in [1.54, 1.807) is 0 Å². The van der Waals surface area contributed by atoms with Crippen LogP contribution < -0.4 is 34.3 Å². The summed E-state index contributed by atoms with van der Waals surface area (Å²) in [7, 11) is -4.42. The summed E-state index contributed by atoms with van der Waals surface area (Å²) < 4.78 is 36.9. The van der Waals surface area contributed by atoms with Gasteiger partial charge in [-0.1, -0.05) is 11.8 Å². The van der Waals surface area contributed by atoms with E-state index in [0.717, 1.165) is 12.1 Å². The summed E-state index contributed by atoms with van der Waals surface area (Å²) in [5.74, 6) is 5.32. The third-order valence-electron chi connectivity index (χ3n) is 1.63. The molecule has 0 saturated heterocycles. The predicted octanol–water partition coefficient (Wildman–Crippen LogP) is -3.03. The molecule has 0 radical (unpaired) electrons. The fraction of sp³-hybridized carbons (Fsp3) is 0.200.